The number of methoxy groups -OCH3 is 2. The Morgan fingerprint density at radius 2 is 1.69 bits per heavy atom. The molecule has 0 aliphatic carbocycles. The van der Waals surface area contributed by atoms with Gasteiger partial charge < -0.3 is 23.7 Å². The highest BCUT2D eigenvalue weighted by Crippen LogP contribution is 2.34. The van der Waals surface area contributed by atoms with E-state index in [9.17, 15) is 9.59 Å². The molecule has 10 heteroatoms. The molecule has 0 radical (unpaired) electrons. The number of ether oxygens (including phenoxy) is 5. The number of hydrogen-bond donors (Lipinski definition) is 1. The summed E-state index contributed by atoms with van der Waals surface area (Å²) in [7, 11) is 3.01. The van der Waals surface area contributed by atoms with E-state index in [2.05, 4.69) is 33.1 Å². The molecule has 0 spiro atoms. The van der Waals surface area contributed by atoms with Crippen molar-refractivity contribution in [2.45, 2.75) is 13.8 Å². The second-order valence-electron chi connectivity index (χ2n) is 6.16. The highest BCUT2D eigenvalue weighted by Gasteiger charge is 2.14. The average molecular weight is 556 g/mol. The second-order valence-corrected chi connectivity index (χ2v) is 7.32. The number of esters is 1. The number of nitrogens with one attached hydrogen (secondary N) is 1. The van der Waals surface area contributed by atoms with Crippen LogP contribution in [0.5, 0.6) is 23.0 Å². The molecule has 0 fully saturated rings. The lowest BCUT2D eigenvalue weighted by atomic mass is 10.2. The predicted molar refractivity (Wildman–Crippen MR) is 127 cm³/mol. The van der Waals surface area contributed by atoms with Crippen LogP contribution >= 0.6 is 22.6 Å². The molecule has 0 aliphatic rings. The molecule has 0 saturated heterocycles. The van der Waals surface area contributed by atoms with Gasteiger partial charge in [-0.05, 0) is 66.3 Å². The van der Waals surface area contributed by atoms with E-state index >= 15 is 0 Å². The summed E-state index contributed by atoms with van der Waals surface area (Å²) in [5, 5.41) is 4.02. The molecule has 1 N–H and O–H groups in total. The molecule has 0 saturated carbocycles. The molecular formula is C22H25IN2O7. The van der Waals surface area contributed by atoms with Gasteiger partial charge in [0.05, 0.1) is 37.2 Å². The number of nitrogens with zero attached hydrogens (tertiary/aromatic N) is 1. The molecule has 172 valence electrons. The molecular weight excluding hydrogens is 531 g/mol. The van der Waals surface area contributed by atoms with E-state index in [4.69, 9.17) is 23.7 Å². The molecule has 2 rings (SSSR count). The Morgan fingerprint density at radius 1 is 1.00 bits per heavy atom. The average Bonchev–Trinajstić information content (AvgIpc) is 2.78. The Kier molecular flexibility index (Phi) is 10.1. The van der Waals surface area contributed by atoms with Crippen molar-refractivity contribution in [3.8, 4) is 23.0 Å². The van der Waals surface area contributed by atoms with Gasteiger partial charge in [0.25, 0.3) is 5.91 Å². The van der Waals surface area contributed by atoms with Gasteiger partial charge >= 0.3 is 5.97 Å². The van der Waals surface area contributed by atoms with Gasteiger partial charge in [-0.1, -0.05) is 0 Å². The molecule has 0 aromatic heterocycles. The first-order valence-electron chi connectivity index (χ1n) is 9.73. The molecule has 0 atom stereocenters. The summed E-state index contributed by atoms with van der Waals surface area (Å²) in [6.07, 6.45) is 1.48. The Morgan fingerprint density at radius 3 is 2.28 bits per heavy atom. The molecule has 0 heterocycles. The van der Waals surface area contributed by atoms with Crippen LogP contribution in [-0.4, -0.2) is 52.1 Å². The predicted octanol–water partition coefficient (Wildman–Crippen LogP) is 3.41. The molecule has 1 amide bonds. The summed E-state index contributed by atoms with van der Waals surface area (Å²) >= 11 is 2.08. The van der Waals surface area contributed by atoms with Crippen LogP contribution in [0.3, 0.4) is 0 Å². The lowest BCUT2D eigenvalue weighted by Gasteiger charge is -2.14. The Labute approximate surface area is 200 Å². The van der Waals surface area contributed by atoms with Crippen LogP contribution in [0.1, 0.15) is 29.8 Å². The number of carbonyl (C=O) groups is 2. The normalized spacial score (nSPS) is 10.5. The zero-order valence-electron chi connectivity index (χ0n) is 18.3. The summed E-state index contributed by atoms with van der Waals surface area (Å²) in [5.74, 6) is 0.987. The van der Waals surface area contributed by atoms with E-state index in [-0.39, 0.29) is 13.2 Å². The number of carbonyl (C=O) groups excluding carboxylic acids is 2. The Bertz CT molecular complexity index is 957. The standard InChI is InChI=1S/C22H25IN2O7/c1-5-30-19-8-14(7-18(23)21(19)32-13-20(26)31-6-2)12-24-25-22(27)15-9-16(28-3)11-17(10-15)29-4/h7-12H,5-6,13H2,1-4H3,(H,25,27)/b24-12-. The van der Waals surface area contributed by atoms with Crippen LogP contribution in [0.15, 0.2) is 35.4 Å². The first kappa shape index (κ1) is 25.2. The van der Waals surface area contributed by atoms with E-state index in [1.54, 1.807) is 37.3 Å². The number of rotatable bonds is 11. The summed E-state index contributed by atoms with van der Waals surface area (Å²) in [6, 6.07) is 8.32. The van der Waals surface area contributed by atoms with Crippen molar-refractivity contribution in [1.29, 1.82) is 0 Å². The third-order valence-electron chi connectivity index (χ3n) is 3.96. The lowest BCUT2D eigenvalue weighted by molar-refractivity contribution is -0.145. The van der Waals surface area contributed by atoms with Crippen molar-refractivity contribution in [1.82, 2.24) is 5.43 Å². The molecule has 2 aromatic rings. The van der Waals surface area contributed by atoms with Gasteiger partial charge in [-0.15, -0.1) is 0 Å². The van der Waals surface area contributed by atoms with Crippen LogP contribution in [0.4, 0.5) is 0 Å². The van der Waals surface area contributed by atoms with E-state index in [0.717, 1.165) is 0 Å². The zero-order valence-corrected chi connectivity index (χ0v) is 20.4. The zero-order chi connectivity index (χ0) is 23.5. The Balaban J connectivity index is 2.14. The van der Waals surface area contributed by atoms with Crippen molar-refractivity contribution in [2.24, 2.45) is 5.10 Å². The van der Waals surface area contributed by atoms with Gasteiger partial charge in [0.1, 0.15) is 11.5 Å². The number of halogens is 1. The number of hydrazone groups is 1. The highest BCUT2D eigenvalue weighted by molar-refractivity contribution is 14.1. The topological polar surface area (TPSA) is 105 Å². The van der Waals surface area contributed by atoms with Crippen molar-refractivity contribution < 1.29 is 33.3 Å². The van der Waals surface area contributed by atoms with Gasteiger partial charge in [0.15, 0.2) is 18.1 Å². The lowest BCUT2D eigenvalue weighted by Crippen LogP contribution is -2.18. The molecule has 32 heavy (non-hydrogen) atoms. The molecule has 0 aliphatic heterocycles. The van der Waals surface area contributed by atoms with Gasteiger partial charge in [0, 0.05) is 11.6 Å². The summed E-state index contributed by atoms with van der Waals surface area (Å²) < 4.78 is 27.2. The minimum absolute atomic E-state index is 0.225. The van der Waals surface area contributed by atoms with Crippen LogP contribution in [0.2, 0.25) is 0 Å². The SMILES string of the molecule is CCOC(=O)COc1c(I)cc(/C=N\NC(=O)c2cc(OC)cc(OC)c2)cc1OCC. The largest absolute Gasteiger partial charge is 0.497 e. The van der Waals surface area contributed by atoms with Gasteiger partial charge in [0.2, 0.25) is 0 Å². The number of hydrogen-bond acceptors (Lipinski definition) is 8. The third kappa shape index (κ3) is 7.29. The van der Waals surface area contributed by atoms with Crippen LogP contribution in [-0.2, 0) is 9.53 Å². The van der Waals surface area contributed by atoms with Crippen LogP contribution in [0.25, 0.3) is 0 Å². The quantitative estimate of drug-likeness (QED) is 0.196. The van der Waals surface area contributed by atoms with Gasteiger partial charge in [-0.25, -0.2) is 10.2 Å². The maximum atomic E-state index is 12.4. The van der Waals surface area contributed by atoms with Crippen LogP contribution < -0.4 is 24.4 Å². The summed E-state index contributed by atoms with van der Waals surface area (Å²) in [4.78, 5) is 24.0. The smallest absolute Gasteiger partial charge is 0.344 e. The first-order chi connectivity index (χ1) is 15.4. The first-order valence-corrected chi connectivity index (χ1v) is 10.8. The second kappa shape index (κ2) is 12.7. The minimum atomic E-state index is -0.465. The summed E-state index contributed by atoms with van der Waals surface area (Å²) in [6.45, 7) is 4.02. The molecule has 0 unspecified atom stereocenters. The maximum Gasteiger partial charge on any atom is 0.344 e. The molecule has 2 aromatic carbocycles. The van der Waals surface area contributed by atoms with E-state index in [1.807, 2.05) is 6.92 Å². The Hall–Kier alpha value is -3.02. The fraction of sp³-hybridized carbons (Fsp3) is 0.318. The van der Waals surface area contributed by atoms with Crippen molar-refractivity contribution >= 4 is 40.7 Å². The van der Waals surface area contributed by atoms with E-state index in [1.165, 1.54) is 20.4 Å². The monoisotopic (exact) mass is 556 g/mol. The van der Waals surface area contributed by atoms with E-state index < -0.39 is 11.9 Å². The number of benzene rings is 2. The van der Waals surface area contributed by atoms with Gasteiger partial charge in [-0.2, -0.15) is 5.10 Å². The fourth-order valence-electron chi connectivity index (χ4n) is 2.57. The minimum Gasteiger partial charge on any atom is -0.497 e. The van der Waals surface area contributed by atoms with Crippen molar-refractivity contribution in [2.75, 3.05) is 34.0 Å². The van der Waals surface area contributed by atoms with Crippen LogP contribution in [0, 0.1) is 3.57 Å². The highest BCUT2D eigenvalue weighted by atomic mass is 127. The van der Waals surface area contributed by atoms with Crippen molar-refractivity contribution in [3.05, 3.63) is 45.0 Å². The fourth-order valence-corrected chi connectivity index (χ4v) is 3.35. The summed E-state index contributed by atoms with van der Waals surface area (Å²) in [5.41, 5.74) is 3.48. The molecule has 9 nitrogen and oxygen atoms in total. The third-order valence-corrected chi connectivity index (χ3v) is 4.77. The van der Waals surface area contributed by atoms with E-state index in [0.29, 0.717) is 44.3 Å². The van der Waals surface area contributed by atoms with Crippen molar-refractivity contribution in [3.63, 3.8) is 0 Å². The maximum absolute atomic E-state index is 12.4. The molecule has 0 bridgehead atoms. The van der Waals surface area contributed by atoms with Gasteiger partial charge in [-0.3, -0.25) is 4.79 Å². The number of amides is 1.